The van der Waals surface area contributed by atoms with Crippen molar-refractivity contribution in [1.29, 1.82) is 0 Å². The van der Waals surface area contributed by atoms with Gasteiger partial charge in [-0.3, -0.25) is 4.79 Å². The van der Waals surface area contributed by atoms with E-state index in [0.717, 1.165) is 0 Å². The van der Waals surface area contributed by atoms with Crippen LogP contribution in [-0.2, 0) is 38.0 Å². The van der Waals surface area contributed by atoms with E-state index in [0.29, 0.717) is 98.7 Å². The molecular formula is C17H35NO8. The number of hydrogen-bond donors (Lipinski definition) is 1. The van der Waals surface area contributed by atoms with Crippen molar-refractivity contribution in [1.82, 2.24) is 0 Å². The van der Waals surface area contributed by atoms with Crippen LogP contribution in [0.15, 0.2) is 0 Å². The summed E-state index contributed by atoms with van der Waals surface area (Å²) in [4.78, 5) is 10.5. The summed E-state index contributed by atoms with van der Waals surface area (Å²) in [7, 11) is 1.64. The topological polar surface area (TPSA) is 108 Å². The van der Waals surface area contributed by atoms with Crippen molar-refractivity contribution in [2.45, 2.75) is 12.8 Å². The fraction of sp³-hybridized carbons (Fsp3) is 0.941. The Morgan fingerprint density at radius 2 is 0.885 bits per heavy atom. The van der Waals surface area contributed by atoms with Crippen LogP contribution in [-0.4, -0.2) is 98.9 Å². The number of nitrogens with two attached hydrogens (primary N) is 1. The molecule has 0 saturated heterocycles. The highest BCUT2D eigenvalue weighted by Crippen LogP contribution is 1.89. The van der Waals surface area contributed by atoms with Gasteiger partial charge in [0.1, 0.15) is 0 Å². The lowest BCUT2D eigenvalue weighted by Gasteiger charge is -2.08. The maximum atomic E-state index is 10.5. The van der Waals surface area contributed by atoms with Crippen LogP contribution in [0.2, 0.25) is 0 Å². The minimum Gasteiger partial charge on any atom is -0.382 e. The molecule has 0 aliphatic heterocycles. The van der Waals surface area contributed by atoms with Crippen molar-refractivity contribution >= 4 is 5.91 Å². The Hall–Kier alpha value is -0.810. The number of carbonyl (C=O) groups is 1. The standard InChI is InChI=1S/C17H35NO8/c1-20-5-6-22-9-10-24-13-14-26-16-15-25-12-11-23-8-7-21-4-2-3-17(18)19/h2-16H2,1H3,(H2,18,19). The van der Waals surface area contributed by atoms with Crippen LogP contribution in [0.5, 0.6) is 0 Å². The molecule has 0 radical (unpaired) electrons. The quantitative estimate of drug-likeness (QED) is 0.261. The zero-order chi connectivity index (χ0) is 19.1. The van der Waals surface area contributed by atoms with E-state index >= 15 is 0 Å². The zero-order valence-corrected chi connectivity index (χ0v) is 15.9. The monoisotopic (exact) mass is 381 g/mol. The maximum Gasteiger partial charge on any atom is 0.217 e. The van der Waals surface area contributed by atoms with E-state index in [-0.39, 0.29) is 5.91 Å². The Labute approximate surface area is 156 Å². The SMILES string of the molecule is COCCOCCOCCOCCOCCOCCOCCCC(N)=O. The van der Waals surface area contributed by atoms with Gasteiger partial charge in [0, 0.05) is 20.1 Å². The molecule has 0 saturated carbocycles. The molecular weight excluding hydrogens is 346 g/mol. The van der Waals surface area contributed by atoms with Crippen LogP contribution >= 0.6 is 0 Å². The predicted octanol–water partition coefficient (Wildman–Crippen LogP) is -0.00210. The second-order valence-corrected chi connectivity index (χ2v) is 5.24. The van der Waals surface area contributed by atoms with Gasteiger partial charge in [-0.05, 0) is 6.42 Å². The molecule has 26 heavy (non-hydrogen) atoms. The largest absolute Gasteiger partial charge is 0.382 e. The van der Waals surface area contributed by atoms with Crippen molar-refractivity contribution in [2.75, 3.05) is 93.0 Å². The molecule has 0 aliphatic carbocycles. The number of amides is 1. The van der Waals surface area contributed by atoms with Crippen molar-refractivity contribution in [3.8, 4) is 0 Å². The molecule has 156 valence electrons. The minimum atomic E-state index is -0.304. The molecule has 2 N–H and O–H groups in total. The average molecular weight is 381 g/mol. The lowest BCUT2D eigenvalue weighted by Crippen LogP contribution is -2.14. The first-order valence-electron chi connectivity index (χ1n) is 9.01. The van der Waals surface area contributed by atoms with Gasteiger partial charge in [-0.15, -0.1) is 0 Å². The molecule has 0 rings (SSSR count). The summed E-state index contributed by atoms with van der Waals surface area (Å²) in [5.41, 5.74) is 5.02. The van der Waals surface area contributed by atoms with Crippen molar-refractivity contribution in [3.63, 3.8) is 0 Å². The molecule has 9 nitrogen and oxygen atoms in total. The molecule has 0 spiro atoms. The molecule has 1 amide bonds. The van der Waals surface area contributed by atoms with E-state index in [1.54, 1.807) is 7.11 Å². The summed E-state index contributed by atoms with van der Waals surface area (Å²) < 4.78 is 36.8. The molecule has 0 fully saturated rings. The molecule has 0 aliphatic rings. The predicted molar refractivity (Wildman–Crippen MR) is 95.2 cm³/mol. The van der Waals surface area contributed by atoms with Crippen molar-refractivity contribution < 1.29 is 38.0 Å². The number of rotatable bonds is 22. The van der Waals surface area contributed by atoms with Crippen LogP contribution < -0.4 is 5.73 Å². The van der Waals surface area contributed by atoms with Gasteiger partial charge < -0.3 is 38.9 Å². The van der Waals surface area contributed by atoms with E-state index in [2.05, 4.69) is 0 Å². The number of carbonyl (C=O) groups excluding carboxylic acids is 1. The first-order valence-corrected chi connectivity index (χ1v) is 9.01. The van der Waals surface area contributed by atoms with Gasteiger partial charge in [-0.1, -0.05) is 0 Å². The Morgan fingerprint density at radius 3 is 1.19 bits per heavy atom. The third-order valence-corrected chi connectivity index (χ3v) is 3.00. The average Bonchev–Trinajstić information content (AvgIpc) is 2.62. The number of ether oxygens (including phenoxy) is 7. The lowest BCUT2D eigenvalue weighted by atomic mass is 10.3. The van der Waals surface area contributed by atoms with E-state index in [9.17, 15) is 4.79 Å². The molecule has 0 aromatic rings. The third-order valence-electron chi connectivity index (χ3n) is 3.00. The summed E-state index contributed by atoms with van der Waals surface area (Å²) in [6, 6.07) is 0. The summed E-state index contributed by atoms with van der Waals surface area (Å²) >= 11 is 0. The van der Waals surface area contributed by atoms with E-state index in [4.69, 9.17) is 38.9 Å². The van der Waals surface area contributed by atoms with Gasteiger partial charge in [0.05, 0.1) is 79.3 Å². The van der Waals surface area contributed by atoms with Crippen LogP contribution in [0.1, 0.15) is 12.8 Å². The molecule has 0 heterocycles. The highest BCUT2D eigenvalue weighted by atomic mass is 16.6. The fourth-order valence-corrected chi connectivity index (χ4v) is 1.69. The molecule has 0 atom stereocenters. The minimum absolute atomic E-state index is 0.304. The van der Waals surface area contributed by atoms with Gasteiger partial charge in [0.15, 0.2) is 0 Å². The van der Waals surface area contributed by atoms with Gasteiger partial charge >= 0.3 is 0 Å². The third kappa shape index (κ3) is 23.2. The first kappa shape index (κ1) is 25.2. The number of methoxy groups -OCH3 is 1. The van der Waals surface area contributed by atoms with Crippen LogP contribution in [0.4, 0.5) is 0 Å². The molecule has 0 unspecified atom stereocenters. The van der Waals surface area contributed by atoms with Crippen LogP contribution in [0, 0.1) is 0 Å². The highest BCUT2D eigenvalue weighted by molar-refractivity contribution is 5.73. The first-order chi connectivity index (χ1) is 12.8. The molecule has 0 bridgehead atoms. The normalized spacial score (nSPS) is 11.1. The van der Waals surface area contributed by atoms with Gasteiger partial charge in [0.25, 0.3) is 0 Å². The van der Waals surface area contributed by atoms with Crippen LogP contribution in [0.25, 0.3) is 0 Å². The van der Waals surface area contributed by atoms with Crippen molar-refractivity contribution in [3.05, 3.63) is 0 Å². The van der Waals surface area contributed by atoms with Gasteiger partial charge in [0.2, 0.25) is 5.91 Å². The zero-order valence-electron chi connectivity index (χ0n) is 15.9. The Bertz CT molecular complexity index is 294. The second kappa shape index (κ2) is 22.2. The molecule has 9 heteroatoms. The molecule has 0 aromatic heterocycles. The maximum absolute atomic E-state index is 10.5. The van der Waals surface area contributed by atoms with E-state index in [1.165, 1.54) is 0 Å². The summed E-state index contributed by atoms with van der Waals surface area (Å²) in [5, 5.41) is 0. The Kier molecular flexibility index (Phi) is 21.5. The van der Waals surface area contributed by atoms with E-state index in [1.807, 2.05) is 0 Å². The fourth-order valence-electron chi connectivity index (χ4n) is 1.69. The highest BCUT2D eigenvalue weighted by Gasteiger charge is 1.96. The lowest BCUT2D eigenvalue weighted by molar-refractivity contribution is -0.118. The summed E-state index contributed by atoms with van der Waals surface area (Å²) in [5.74, 6) is -0.304. The molecule has 0 aromatic carbocycles. The van der Waals surface area contributed by atoms with Gasteiger partial charge in [-0.2, -0.15) is 0 Å². The van der Waals surface area contributed by atoms with Crippen LogP contribution in [0.3, 0.4) is 0 Å². The van der Waals surface area contributed by atoms with E-state index < -0.39 is 0 Å². The smallest absolute Gasteiger partial charge is 0.217 e. The Balaban J connectivity index is 2.98. The number of primary amides is 1. The Morgan fingerprint density at radius 1 is 0.577 bits per heavy atom. The number of hydrogen-bond acceptors (Lipinski definition) is 8. The van der Waals surface area contributed by atoms with Gasteiger partial charge in [-0.25, -0.2) is 0 Å². The summed E-state index contributed by atoms with van der Waals surface area (Å²) in [6.07, 6.45) is 0.998. The van der Waals surface area contributed by atoms with Crippen molar-refractivity contribution in [2.24, 2.45) is 5.73 Å². The summed E-state index contributed by atoms with van der Waals surface area (Å²) in [6.45, 7) is 6.96. The second-order valence-electron chi connectivity index (χ2n) is 5.24.